The first-order valence-electron chi connectivity index (χ1n) is 7.01. The van der Waals surface area contributed by atoms with Crippen LogP contribution in [0.4, 0.5) is 0 Å². The summed E-state index contributed by atoms with van der Waals surface area (Å²) in [6.45, 7) is 2.04. The number of nitrogens with one attached hydrogen (secondary N) is 1. The van der Waals surface area contributed by atoms with Crippen LogP contribution >= 0.6 is 0 Å². The van der Waals surface area contributed by atoms with E-state index in [1.165, 1.54) is 0 Å². The van der Waals surface area contributed by atoms with Crippen LogP contribution in [0.5, 0.6) is 5.88 Å². The molecule has 1 heterocycles. The van der Waals surface area contributed by atoms with Crippen LogP contribution in [0, 0.1) is 0 Å². The summed E-state index contributed by atoms with van der Waals surface area (Å²) < 4.78 is 5.26. The first kappa shape index (κ1) is 15.3. The SMILES string of the molecule is COc1nc(C(=O)NC(C)CCCO)cc2ccccc12. The quantitative estimate of drug-likeness (QED) is 0.854. The van der Waals surface area contributed by atoms with Gasteiger partial charge in [0, 0.05) is 18.0 Å². The summed E-state index contributed by atoms with van der Waals surface area (Å²) in [4.78, 5) is 16.5. The van der Waals surface area contributed by atoms with E-state index in [4.69, 9.17) is 9.84 Å². The summed E-state index contributed by atoms with van der Waals surface area (Å²) in [6.07, 6.45) is 1.39. The molecule has 0 bridgehead atoms. The van der Waals surface area contributed by atoms with Crippen LogP contribution in [0.1, 0.15) is 30.3 Å². The molecule has 1 unspecified atom stereocenters. The molecule has 21 heavy (non-hydrogen) atoms. The van der Waals surface area contributed by atoms with E-state index >= 15 is 0 Å². The maximum Gasteiger partial charge on any atom is 0.270 e. The van der Waals surface area contributed by atoms with Crippen LogP contribution in [0.15, 0.2) is 30.3 Å². The predicted octanol–water partition coefficient (Wildman–Crippen LogP) is 2.13. The van der Waals surface area contributed by atoms with Gasteiger partial charge in [-0.25, -0.2) is 4.98 Å². The van der Waals surface area contributed by atoms with E-state index in [1.54, 1.807) is 13.2 Å². The third-order valence-electron chi connectivity index (χ3n) is 3.30. The van der Waals surface area contributed by atoms with Crippen LogP contribution in [0.3, 0.4) is 0 Å². The maximum atomic E-state index is 12.2. The lowest BCUT2D eigenvalue weighted by molar-refractivity contribution is 0.0930. The van der Waals surface area contributed by atoms with E-state index in [0.29, 0.717) is 18.0 Å². The van der Waals surface area contributed by atoms with E-state index in [-0.39, 0.29) is 18.6 Å². The van der Waals surface area contributed by atoms with Gasteiger partial charge in [0.25, 0.3) is 5.91 Å². The van der Waals surface area contributed by atoms with Crippen molar-refractivity contribution in [3.63, 3.8) is 0 Å². The number of nitrogens with zero attached hydrogens (tertiary/aromatic N) is 1. The molecule has 0 spiro atoms. The molecule has 0 fully saturated rings. The van der Waals surface area contributed by atoms with Crippen LogP contribution in [-0.2, 0) is 0 Å². The molecule has 0 aliphatic heterocycles. The molecule has 2 aromatic rings. The largest absolute Gasteiger partial charge is 0.481 e. The Morgan fingerprint density at radius 3 is 2.90 bits per heavy atom. The minimum atomic E-state index is -0.232. The van der Waals surface area contributed by atoms with E-state index < -0.39 is 0 Å². The Morgan fingerprint density at radius 2 is 2.19 bits per heavy atom. The van der Waals surface area contributed by atoms with E-state index in [2.05, 4.69) is 10.3 Å². The van der Waals surface area contributed by atoms with Gasteiger partial charge in [0.1, 0.15) is 5.69 Å². The molecule has 1 aromatic heterocycles. The summed E-state index contributed by atoms with van der Waals surface area (Å²) >= 11 is 0. The second-order valence-electron chi connectivity index (χ2n) is 4.98. The van der Waals surface area contributed by atoms with Crippen molar-refractivity contribution < 1.29 is 14.6 Å². The normalized spacial score (nSPS) is 12.1. The highest BCUT2D eigenvalue weighted by molar-refractivity contribution is 5.98. The molecule has 1 atom stereocenters. The summed E-state index contributed by atoms with van der Waals surface area (Å²) in [5.74, 6) is 0.214. The summed E-state index contributed by atoms with van der Waals surface area (Å²) in [7, 11) is 1.54. The Morgan fingerprint density at radius 1 is 1.43 bits per heavy atom. The van der Waals surface area contributed by atoms with Gasteiger partial charge in [0.05, 0.1) is 7.11 Å². The first-order valence-corrected chi connectivity index (χ1v) is 7.01. The summed E-state index contributed by atoms with van der Waals surface area (Å²) in [5, 5.41) is 13.5. The monoisotopic (exact) mass is 288 g/mol. The lowest BCUT2D eigenvalue weighted by Crippen LogP contribution is -2.33. The van der Waals surface area contributed by atoms with Crippen LogP contribution in [0.25, 0.3) is 10.8 Å². The highest BCUT2D eigenvalue weighted by Crippen LogP contribution is 2.24. The smallest absolute Gasteiger partial charge is 0.270 e. The molecule has 0 aliphatic carbocycles. The van der Waals surface area contributed by atoms with Crippen molar-refractivity contribution in [3.05, 3.63) is 36.0 Å². The summed E-state index contributed by atoms with van der Waals surface area (Å²) in [6, 6.07) is 9.39. The second kappa shape index (κ2) is 7.04. The molecule has 5 heteroatoms. The molecule has 2 rings (SSSR count). The van der Waals surface area contributed by atoms with E-state index in [0.717, 1.165) is 17.2 Å². The second-order valence-corrected chi connectivity index (χ2v) is 4.98. The van der Waals surface area contributed by atoms with Gasteiger partial charge in [0.15, 0.2) is 0 Å². The van der Waals surface area contributed by atoms with Gasteiger partial charge in [0.2, 0.25) is 5.88 Å². The fourth-order valence-electron chi connectivity index (χ4n) is 2.21. The van der Waals surface area contributed by atoms with Crippen molar-refractivity contribution in [1.29, 1.82) is 0 Å². The van der Waals surface area contributed by atoms with Gasteiger partial charge in [-0.2, -0.15) is 0 Å². The lowest BCUT2D eigenvalue weighted by Gasteiger charge is -2.14. The number of pyridine rings is 1. The number of methoxy groups -OCH3 is 1. The first-order chi connectivity index (χ1) is 10.2. The Hall–Kier alpha value is -2.14. The Labute approximate surface area is 124 Å². The van der Waals surface area contributed by atoms with Crippen molar-refractivity contribution in [2.24, 2.45) is 0 Å². The third kappa shape index (κ3) is 3.70. The standard InChI is InChI=1S/C16H20N2O3/c1-11(6-5-9-19)17-15(20)14-10-12-7-3-4-8-13(12)16(18-14)21-2/h3-4,7-8,10-11,19H,5-6,9H2,1-2H3,(H,17,20). The third-order valence-corrected chi connectivity index (χ3v) is 3.30. The predicted molar refractivity (Wildman–Crippen MR) is 81.5 cm³/mol. The molecule has 5 nitrogen and oxygen atoms in total. The Bertz CT molecular complexity index is 628. The lowest BCUT2D eigenvalue weighted by atomic mass is 10.1. The summed E-state index contributed by atoms with van der Waals surface area (Å²) in [5.41, 5.74) is 0.335. The van der Waals surface area contributed by atoms with Gasteiger partial charge in [-0.05, 0) is 37.3 Å². The van der Waals surface area contributed by atoms with Gasteiger partial charge in [-0.3, -0.25) is 4.79 Å². The highest BCUT2D eigenvalue weighted by Gasteiger charge is 2.14. The molecule has 1 aromatic carbocycles. The topological polar surface area (TPSA) is 71.5 Å². The fourth-order valence-corrected chi connectivity index (χ4v) is 2.21. The average molecular weight is 288 g/mol. The Kier molecular flexibility index (Phi) is 5.11. The molecular formula is C16H20N2O3. The number of fused-ring (bicyclic) bond motifs is 1. The molecule has 2 N–H and O–H groups in total. The van der Waals surface area contributed by atoms with Crippen molar-refractivity contribution in [1.82, 2.24) is 10.3 Å². The van der Waals surface area contributed by atoms with E-state index in [9.17, 15) is 4.79 Å². The highest BCUT2D eigenvalue weighted by atomic mass is 16.5. The van der Waals surface area contributed by atoms with Crippen molar-refractivity contribution >= 4 is 16.7 Å². The van der Waals surface area contributed by atoms with Crippen molar-refractivity contribution in [2.75, 3.05) is 13.7 Å². The average Bonchev–Trinajstić information content (AvgIpc) is 2.51. The Balaban J connectivity index is 2.23. The maximum absolute atomic E-state index is 12.2. The molecular weight excluding hydrogens is 268 g/mol. The number of carbonyl (C=O) groups is 1. The number of aliphatic hydroxyl groups is 1. The minimum absolute atomic E-state index is 0.0103. The van der Waals surface area contributed by atoms with Gasteiger partial charge < -0.3 is 15.2 Å². The van der Waals surface area contributed by atoms with Crippen molar-refractivity contribution in [3.8, 4) is 5.88 Å². The number of carbonyl (C=O) groups excluding carboxylic acids is 1. The zero-order chi connectivity index (χ0) is 15.2. The number of amides is 1. The molecule has 0 aliphatic rings. The zero-order valence-corrected chi connectivity index (χ0v) is 12.3. The number of hydrogen-bond acceptors (Lipinski definition) is 4. The number of aromatic nitrogens is 1. The molecule has 1 amide bonds. The van der Waals surface area contributed by atoms with Gasteiger partial charge in [-0.1, -0.05) is 18.2 Å². The van der Waals surface area contributed by atoms with Crippen LogP contribution in [0.2, 0.25) is 0 Å². The number of hydrogen-bond donors (Lipinski definition) is 2. The van der Waals surface area contributed by atoms with Crippen LogP contribution < -0.4 is 10.1 Å². The molecule has 112 valence electrons. The molecule has 0 saturated heterocycles. The zero-order valence-electron chi connectivity index (χ0n) is 12.3. The van der Waals surface area contributed by atoms with Crippen molar-refractivity contribution in [2.45, 2.75) is 25.8 Å². The molecule has 0 radical (unpaired) electrons. The van der Waals surface area contributed by atoms with Crippen LogP contribution in [-0.4, -0.2) is 35.8 Å². The fraction of sp³-hybridized carbons (Fsp3) is 0.375. The number of rotatable bonds is 6. The number of aliphatic hydroxyl groups excluding tert-OH is 1. The number of ether oxygens (including phenoxy) is 1. The number of benzene rings is 1. The van der Waals surface area contributed by atoms with Gasteiger partial charge >= 0.3 is 0 Å². The van der Waals surface area contributed by atoms with E-state index in [1.807, 2.05) is 31.2 Å². The minimum Gasteiger partial charge on any atom is -0.481 e. The molecule has 0 saturated carbocycles. The van der Waals surface area contributed by atoms with Gasteiger partial charge in [-0.15, -0.1) is 0 Å².